The van der Waals surface area contributed by atoms with E-state index in [4.69, 9.17) is 4.74 Å². The molecule has 168 valence electrons. The Morgan fingerprint density at radius 3 is 2.97 bits per heavy atom. The number of carbonyl (C=O) groups is 2. The molecular weight excluding hydrogens is 406 g/mol. The van der Waals surface area contributed by atoms with Crippen LogP contribution in [0.25, 0.3) is 22.3 Å². The summed E-state index contributed by atoms with van der Waals surface area (Å²) in [6.07, 6.45) is 3.17. The van der Waals surface area contributed by atoms with Crippen LogP contribution in [0.3, 0.4) is 0 Å². The zero-order chi connectivity index (χ0) is 22.5. The summed E-state index contributed by atoms with van der Waals surface area (Å²) in [5.41, 5.74) is 6.41. The highest BCUT2D eigenvalue weighted by atomic mass is 16.5. The lowest BCUT2D eigenvalue weighted by molar-refractivity contribution is -0.148. The number of ether oxygens (including phenoxy) is 1. The fourth-order valence-corrected chi connectivity index (χ4v) is 4.73. The number of aromatic amines is 2. The van der Waals surface area contributed by atoms with Crippen LogP contribution < -0.4 is 5.32 Å². The van der Waals surface area contributed by atoms with Crippen molar-refractivity contribution in [2.45, 2.75) is 46.1 Å². The summed E-state index contributed by atoms with van der Waals surface area (Å²) in [5, 5.41) is 11.8. The summed E-state index contributed by atoms with van der Waals surface area (Å²) in [6.45, 7) is 7.25. The van der Waals surface area contributed by atoms with Gasteiger partial charge in [0.05, 0.1) is 12.3 Å². The number of morpholine rings is 1. The highest BCUT2D eigenvalue weighted by Gasteiger charge is 2.30. The predicted molar refractivity (Wildman–Crippen MR) is 122 cm³/mol. The van der Waals surface area contributed by atoms with E-state index in [2.05, 4.69) is 40.4 Å². The second-order valence-electron chi connectivity index (χ2n) is 9.66. The van der Waals surface area contributed by atoms with Crippen molar-refractivity contribution in [3.8, 4) is 11.4 Å². The van der Waals surface area contributed by atoms with E-state index in [1.54, 1.807) is 11.8 Å². The molecule has 2 amide bonds. The minimum atomic E-state index is -0.555. The van der Waals surface area contributed by atoms with E-state index in [9.17, 15) is 9.59 Å². The van der Waals surface area contributed by atoms with Gasteiger partial charge in [0, 0.05) is 34.4 Å². The van der Waals surface area contributed by atoms with Crippen LogP contribution in [-0.4, -0.2) is 57.7 Å². The fourth-order valence-electron chi connectivity index (χ4n) is 4.73. The molecule has 3 N–H and O–H groups in total. The first-order chi connectivity index (χ1) is 15.3. The number of anilines is 1. The number of benzene rings is 1. The number of rotatable bonds is 4. The van der Waals surface area contributed by atoms with Crippen LogP contribution in [0.1, 0.15) is 38.4 Å². The molecule has 8 nitrogen and oxygen atoms in total. The molecule has 3 heterocycles. The molecule has 0 saturated carbocycles. The number of nitrogens with zero attached hydrogens (tertiary/aromatic N) is 2. The van der Waals surface area contributed by atoms with Crippen LogP contribution in [-0.2, 0) is 27.2 Å². The van der Waals surface area contributed by atoms with Crippen molar-refractivity contribution in [2.75, 3.05) is 25.1 Å². The number of H-pyrrole nitrogens is 2. The molecule has 1 aliphatic carbocycles. The van der Waals surface area contributed by atoms with Gasteiger partial charge in [0.1, 0.15) is 18.3 Å². The molecule has 1 saturated heterocycles. The monoisotopic (exact) mass is 435 g/mol. The molecule has 0 spiro atoms. The number of hydrogen-bond donors (Lipinski definition) is 3. The van der Waals surface area contributed by atoms with E-state index in [0.717, 1.165) is 41.6 Å². The molecule has 0 radical (unpaired) electrons. The minimum Gasteiger partial charge on any atom is -0.370 e. The second kappa shape index (κ2) is 7.78. The molecule has 1 fully saturated rings. The summed E-state index contributed by atoms with van der Waals surface area (Å²) >= 11 is 0. The lowest BCUT2D eigenvalue weighted by Crippen LogP contribution is -2.51. The van der Waals surface area contributed by atoms with Crippen molar-refractivity contribution < 1.29 is 14.3 Å². The van der Waals surface area contributed by atoms with Gasteiger partial charge >= 0.3 is 0 Å². The van der Waals surface area contributed by atoms with Gasteiger partial charge in [-0.3, -0.25) is 14.7 Å². The molecule has 1 atom stereocenters. The second-order valence-corrected chi connectivity index (χ2v) is 9.66. The lowest BCUT2D eigenvalue weighted by atomic mass is 9.76. The first kappa shape index (κ1) is 20.8. The quantitative estimate of drug-likeness (QED) is 0.585. The van der Waals surface area contributed by atoms with Gasteiger partial charge < -0.3 is 19.9 Å². The largest absolute Gasteiger partial charge is 0.370 e. The van der Waals surface area contributed by atoms with Crippen molar-refractivity contribution in [1.29, 1.82) is 0 Å². The Balaban J connectivity index is 1.35. The standard InChI is InChI=1S/C24H29N5O3/c1-14(29-8-9-32-13-21(29)30)23(31)25-16-5-4-15-10-19(26-18(15)11-16)22-17-6-7-24(2,3)12-20(17)27-28-22/h4-5,10-11,14,26H,6-9,12-13H2,1-3H3,(H,25,31)(H,27,28). The number of hydrogen-bond acceptors (Lipinski definition) is 4. The Morgan fingerprint density at radius 2 is 2.16 bits per heavy atom. The summed E-state index contributed by atoms with van der Waals surface area (Å²) in [5.74, 6) is -0.371. The van der Waals surface area contributed by atoms with Crippen LogP contribution in [0.2, 0.25) is 0 Å². The third kappa shape index (κ3) is 3.79. The molecule has 5 rings (SSSR count). The molecule has 8 heteroatoms. The van der Waals surface area contributed by atoms with Crippen molar-refractivity contribution >= 4 is 28.4 Å². The Labute approximate surface area is 186 Å². The van der Waals surface area contributed by atoms with Crippen molar-refractivity contribution in [3.05, 3.63) is 35.5 Å². The minimum absolute atomic E-state index is 0.0310. The maximum absolute atomic E-state index is 12.7. The van der Waals surface area contributed by atoms with E-state index >= 15 is 0 Å². The highest BCUT2D eigenvalue weighted by molar-refractivity contribution is 5.99. The summed E-state index contributed by atoms with van der Waals surface area (Å²) in [7, 11) is 0. The van der Waals surface area contributed by atoms with Crippen molar-refractivity contribution in [1.82, 2.24) is 20.1 Å². The maximum atomic E-state index is 12.7. The van der Waals surface area contributed by atoms with Gasteiger partial charge in [-0.25, -0.2) is 0 Å². The summed E-state index contributed by atoms with van der Waals surface area (Å²) < 4.78 is 5.15. The van der Waals surface area contributed by atoms with E-state index in [-0.39, 0.29) is 18.4 Å². The molecular formula is C24H29N5O3. The van der Waals surface area contributed by atoms with Gasteiger partial charge in [0.25, 0.3) is 0 Å². The molecule has 2 aliphatic rings. The van der Waals surface area contributed by atoms with Crippen LogP contribution in [0.4, 0.5) is 5.69 Å². The van der Waals surface area contributed by atoms with Gasteiger partial charge in [-0.15, -0.1) is 0 Å². The average molecular weight is 436 g/mol. The van der Waals surface area contributed by atoms with Gasteiger partial charge in [-0.1, -0.05) is 19.9 Å². The topological polar surface area (TPSA) is 103 Å². The molecule has 2 aromatic heterocycles. The van der Waals surface area contributed by atoms with Gasteiger partial charge in [-0.2, -0.15) is 5.10 Å². The molecule has 0 bridgehead atoms. The molecule has 1 aromatic carbocycles. The van der Waals surface area contributed by atoms with E-state index in [1.165, 1.54) is 11.3 Å². The Bertz CT molecular complexity index is 1190. The number of aromatic nitrogens is 3. The predicted octanol–water partition coefficient (Wildman–Crippen LogP) is 3.26. The smallest absolute Gasteiger partial charge is 0.249 e. The molecule has 1 aliphatic heterocycles. The molecule has 32 heavy (non-hydrogen) atoms. The van der Waals surface area contributed by atoms with Gasteiger partial charge in [-0.05, 0) is 49.8 Å². The van der Waals surface area contributed by atoms with Gasteiger partial charge in [0.15, 0.2) is 0 Å². The zero-order valence-corrected chi connectivity index (χ0v) is 18.7. The number of amides is 2. The fraction of sp³-hybridized carbons (Fsp3) is 0.458. The highest BCUT2D eigenvalue weighted by Crippen LogP contribution is 2.38. The first-order valence-corrected chi connectivity index (χ1v) is 11.2. The normalized spacial score (nSPS) is 19.1. The Hall–Kier alpha value is -3.13. The van der Waals surface area contributed by atoms with Crippen LogP contribution in [0.5, 0.6) is 0 Å². The van der Waals surface area contributed by atoms with Crippen molar-refractivity contribution in [3.63, 3.8) is 0 Å². The third-order valence-corrected chi connectivity index (χ3v) is 6.67. The lowest BCUT2D eigenvalue weighted by Gasteiger charge is -2.31. The van der Waals surface area contributed by atoms with Crippen LogP contribution in [0.15, 0.2) is 24.3 Å². The Kier molecular flexibility index (Phi) is 5.04. The van der Waals surface area contributed by atoms with E-state index in [1.807, 2.05) is 18.2 Å². The maximum Gasteiger partial charge on any atom is 0.249 e. The van der Waals surface area contributed by atoms with Crippen LogP contribution >= 0.6 is 0 Å². The number of nitrogens with one attached hydrogen (secondary N) is 3. The SMILES string of the molecule is CC(C(=O)Nc1ccc2cc(-c3n[nH]c4c3CCC(C)(C)C4)[nH]c2c1)N1CCOCC1=O. The number of carbonyl (C=O) groups excluding carboxylic acids is 2. The summed E-state index contributed by atoms with van der Waals surface area (Å²) in [6, 6.07) is 7.34. The van der Waals surface area contributed by atoms with Crippen molar-refractivity contribution in [2.24, 2.45) is 5.41 Å². The zero-order valence-electron chi connectivity index (χ0n) is 18.7. The van der Waals surface area contributed by atoms with E-state index in [0.29, 0.717) is 24.3 Å². The third-order valence-electron chi connectivity index (χ3n) is 6.67. The first-order valence-electron chi connectivity index (χ1n) is 11.2. The van der Waals surface area contributed by atoms with E-state index < -0.39 is 6.04 Å². The number of fused-ring (bicyclic) bond motifs is 2. The molecule has 1 unspecified atom stereocenters. The Morgan fingerprint density at radius 1 is 1.31 bits per heavy atom. The summed E-state index contributed by atoms with van der Waals surface area (Å²) in [4.78, 5) is 29.8. The van der Waals surface area contributed by atoms with Crippen LogP contribution in [0, 0.1) is 5.41 Å². The average Bonchev–Trinajstić information content (AvgIpc) is 3.35. The van der Waals surface area contributed by atoms with Gasteiger partial charge in [0.2, 0.25) is 11.8 Å². The molecule has 3 aromatic rings.